The topological polar surface area (TPSA) is 105 Å². The number of primary amides is 1. The fourth-order valence-electron chi connectivity index (χ4n) is 3.22. The Morgan fingerprint density at radius 1 is 1.20 bits per heavy atom. The van der Waals surface area contributed by atoms with Crippen molar-refractivity contribution in [3.63, 3.8) is 0 Å². The summed E-state index contributed by atoms with van der Waals surface area (Å²) in [6.45, 7) is 0.307. The molecule has 7 nitrogen and oxygen atoms in total. The van der Waals surface area contributed by atoms with E-state index in [1.807, 2.05) is 36.4 Å². The maximum absolute atomic E-state index is 11.8. The third-order valence-corrected chi connectivity index (χ3v) is 4.38. The molecule has 0 aliphatic carbocycles. The van der Waals surface area contributed by atoms with Gasteiger partial charge in [0.05, 0.1) is 11.6 Å². The van der Waals surface area contributed by atoms with Gasteiger partial charge in [-0.05, 0) is 24.3 Å². The Morgan fingerprint density at radius 2 is 2.04 bits per heavy atom. The molecule has 1 aliphatic rings. The van der Waals surface area contributed by atoms with Gasteiger partial charge < -0.3 is 15.7 Å². The number of benzene rings is 1. The first-order chi connectivity index (χ1) is 12.1. The Morgan fingerprint density at radius 3 is 2.80 bits per heavy atom. The Balaban J connectivity index is 1.91. The van der Waals surface area contributed by atoms with Crippen molar-refractivity contribution in [1.29, 1.82) is 0 Å². The van der Waals surface area contributed by atoms with Crippen molar-refractivity contribution in [2.45, 2.75) is 18.6 Å². The number of nitrogens with two attached hydrogens (primary N) is 1. The lowest BCUT2D eigenvalue weighted by atomic mass is 10.1. The molecule has 4 rings (SSSR count). The zero-order chi connectivity index (χ0) is 17.4. The Hall–Kier alpha value is -3.06. The maximum atomic E-state index is 11.8. The number of rotatable bonds is 3. The number of nitrogens with zero attached hydrogens (tertiary/aromatic N) is 4. The van der Waals surface area contributed by atoms with Crippen LogP contribution in [0.2, 0.25) is 0 Å². The van der Waals surface area contributed by atoms with E-state index in [9.17, 15) is 9.90 Å². The minimum Gasteiger partial charge on any atom is -0.391 e. The number of fused-ring (bicyclic) bond motifs is 1. The van der Waals surface area contributed by atoms with Crippen molar-refractivity contribution in [3.05, 3.63) is 48.8 Å². The molecule has 126 valence electrons. The monoisotopic (exact) mass is 335 g/mol. The quantitative estimate of drug-likeness (QED) is 0.743. The predicted molar refractivity (Wildman–Crippen MR) is 93.7 cm³/mol. The molecule has 1 fully saturated rings. The number of aromatic nitrogens is 3. The maximum Gasteiger partial charge on any atom is 0.240 e. The summed E-state index contributed by atoms with van der Waals surface area (Å²) in [5, 5.41) is 10.9. The van der Waals surface area contributed by atoms with Crippen molar-refractivity contribution in [2.75, 3.05) is 11.4 Å². The SMILES string of the molecule is NC(=O)[C@H]1C[C@H](O)CN1c1nc(-c2cccnc2)nc2ccccc12. The van der Waals surface area contributed by atoms with Gasteiger partial charge in [0.2, 0.25) is 5.91 Å². The van der Waals surface area contributed by atoms with Gasteiger partial charge in [-0.1, -0.05) is 12.1 Å². The Bertz CT molecular complexity index is 931. The number of hydrogen-bond acceptors (Lipinski definition) is 6. The summed E-state index contributed by atoms with van der Waals surface area (Å²) >= 11 is 0. The van der Waals surface area contributed by atoms with Gasteiger partial charge in [0.25, 0.3) is 0 Å². The van der Waals surface area contributed by atoms with Crippen molar-refractivity contribution in [3.8, 4) is 11.4 Å². The second-order valence-corrected chi connectivity index (χ2v) is 6.09. The summed E-state index contributed by atoms with van der Waals surface area (Å²) in [5.74, 6) is 0.651. The smallest absolute Gasteiger partial charge is 0.240 e. The van der Waals surface area contributed by atoms with Gasteiger partial charge in [0, 0.05) is 36.3 Å². The summed E-state index contributed by atoms with van der Waals surface area (Å²) in [6, 6.07) is 10.7. The first-order valence-electron chi connectivity index (χ1n) is 8.04. The number of aliphatic hydroxyl groups excluding tert-OH is 1. The summed E-state index contributed by atoms with van der Waals surface area (Å²) in [5.41, 5.74) is 7.08. The molecule has 2 aromatic heterocycles. The lowest BCUT2D eigenvalue weighted by Crippen LogP contribution is -2.41. The van der Waals surface area contributed by atoms with Crippen LogP contribution in [0.1, 0.15) is 6.42 Å². The van der Waals surface area contributed by atoms with Gasteiger partial charge in [-0.3, -0.25) is 9.78 Å². The molecule has 0 radical (unpaired) electrons. The number of amides is 1. The van der Waals surface area contributed by atoms with Crippen LogP contribution in [-0.4, -0.2) is 44.7 Å². The first kappa shape index (κ1) is 15.5. The lowest BCUT2D eigenvalue weighted by molar-refractivity contribution is -0.119. The number of carbonyl (C=O) groups excluding carboxylic acids is 1. The van der Waals surface area contributed by atoms with Crippen LogP contribution in [0, 0.1) is 0 Å². The molecule has 1 aromatic carbocycles. The third-order valence-electron chi connectivity index (χ3n) is 4.38. The van der Waals surface area contributed by atoms with E-state index in [-0.39, 0.29) is 0 Å². The van der Waals surface area contributed by atoms with E-state index in [1.165, 1.54) is 0 Å². The van der Waals surface area contributed by atoms with E-state index >= 15 is 0 Å². The molecule has 1 amide bonds. The van der Waals surface area contributed by atoms with Crippen LogP contribution in [0.4, 0.5) is 5.82 Å². The molecule has 3 N–H and O–H groups in total. The lowest BCUT2D eigenvalue weighted by Gasteiger charge is -2.24. The van der Waals surface area contributed by atoms with Gasteiger partial charge in [-0.2, -0.15) is 0 Å². The molecule has 25 heavy (non-hydrogen) atoms. The number of aliphatic hydroxyl groups is 1. The van der Waals surface area contributed by atoms with Crippen molar-refractivity contribution in [1.82, 2.24) is 15.0 Å². The molecule has 7 heteroatoms. The Kier molecular flexibility index (Phi) is 3.77. The standard InChI is InChI=1S/C18H17N5O2/c19-16(25)15-8-12(24)10-23(15)18-13-5-1-2-6-14(13)21-17(22-18)11-4-3-7-20-9-11/h1-7,9,12,15,24H,8,10H2,(H2,19,25)/t12-,15+/m0/s1. The molecule has 2 atom stereocenters. The van der Waals surface area contributed by atoms with E-state index in [2.05, 4.69) is 15.0 Å². The predicted octanol–water partition coefficient (Wildman–Crippen LogP) is 1.12. The van der Waals surface area contributed by atoms with Gasteiger partial charge in [-0.25, -0.2) is 9.97 Å². The zero-order valence-electron chi connectivity index (χ0n) is 13.4. The third kappa shape index (κ3) is 2.78. The minimum absolute atomic E-state index is 0.301. The fourth-order valence-corrected chi connectivity index (χ4v) is 3.22. The molecule has 3 aromatic rings. The highest BCUT2D eigenvalue weighted by Gasteiger charge is 2.36. The van der Waals surface area contributed by atoms with Crippen LogP contribution in [0.5, 0.6) is 0 Å². The van der Waals surface area contributed by atoms with Gasteiger partial charge in [-0.15, -0.1) is 0 Å². The van der Waals surface area contributed by atoms with Crippen molar-refractivity contribution >= 4 is 22.6 Å². The average Bonchev–Trinajstić information content (AvgIpc) is 3.03. The largest absolute Gasteiger partial charge is 0.391 e. The average molecular weight is 335 g/mol. The number of para-hydroxylation sites is 1. The summed E-state index contributed by atoms with van der Waals surface area (Å²) in [4.78, 5) is 27.0. The summed E-state index contributed by atoms with van der Waals surface area (Å²) in [6.07, 6.45) is 3.06. The van der Waals surface area contributed by atoms with Crippen molar-refractivity contribution < 1.29 is 9.90 Å². The number of carbonyl (C=O) groups is 1. The van der Waals surface area contributed by atoms with Crippen LogP contribution in [-0.2, 0) is 4.79 Å². The molecule has 0 spiro atoms. The summed E-state index contributed by atoms with van der Waals surface area (Å²) < 4.78 is 0. The van der Waals surface area contributed by atoms with E-state index in [0.717, 1.165) is 16.5 Å². The van der Waals surface area contributed by atoms with Crippen molar-refractivity contribution in [2.24, 2.45) is 5.73 Å². The number of anilines is 1. The van der Waals surface area contributed by atoms with Crippen LogP contribution in [0.15, 0.2) is 48.8 Å². The van der Waals surface area contributed by atoms with Crippen LogP contribution in [0.25, 0.3) is 22.3 Å². The van der Waals surface area contributed by atoms with Gasteiger partial charge in [0.15, 0.2) is 5.82 Å². The molecule has 1 aliphatic heterocycles. The van der Waals surface area contributed by atoms with Gasteiger partial charge in [0.1, 0.15) is 11.9 Å². The van der Waals surface area contributed by atoms with Gasteiger partial charge >= 0.3 is 0 Å². The first-order valence-corrected chi connectivity index (χ1v) is 8.04. The molecule has 1 saturated heterocycles. The van der Waals surface area contributed by atoms with E-state index in [1.54, 1.807) is 17.3 Å². The second kappa shape index (κ2) is 6.10. The minimum atomic E-state index is -0.618. The molecule has 0 unspecified atom stereocenters. The number of β-amino-alcohol motifs (C(OH)–C–C–N with tert-alkyl or cyclic N) is 1. The Labute approximate surface area is 144 Å². The number of pyridine rings is 1. The summed E-state index contributed by atoms with van der Waals surface area (Å²) in [7, 11) is 0. The highest BCUT2D eigenvalue weighted by atomic mass is 16.3. The second-order valence-electron chi connectivity index (χ2n) is 6.09. The molecule has 0 bridgehead atoms. The zero-order valence-corrected chi connectivity index (χ0v) is 13.4. The van der Waals surface area contributed by atoms with Crippen LogP contribution < -0.4 is 10.6 Å². The van der Waals surface area contributed by atoms with Crippen LogP contribution in [0.3, 0.4) is 0 Å². The highest BCUT2D eigenvalue weighted by Crippen LogP contribution is 2.32. The molecular formula is C18H17N5O2. The number of hydrogen-bond donors (Lipinski definition) is 2. The molecule has 3 heterocycles. The molecular weight excluding hydrogens is 318 g/mol. The fraction of sp³-hybridized carbons (Fsp3) is 0.222. The molecule has 0 saturated carbocycles. The van der Waals surface area contributed by atoms with E-state index in [0.29, 0.717) is 24.6 Å². The van der Waals surface area contributed by atoms with Crippen LogP contribution >= 0.6 is 0 Å². The normalized spacial score (nSPS) is 20.1. The van der Waals surface area contributed by atoms with E-state index < -0.39 is 18.1 Å². The highest BCUT2D eigenvalue weighted by molar-refractivity contribution is 5.94. The van der Waals surface area contributed by atoms with E-state index in [4.69, 9.17) is 5.73 Å².